The zero-order valence-corrected chi connectivity index (χ0v) is 17.7. The summed E-state index contributed by atoms with van der Waals surface area (Å²) >= 11 is 0. The van der Waals surface area contributed by atoms with Crippen molar-refractivity contribution in [3.05, 3.63) is 78.8 Å². The largest absolute Gasteiger partial charge is 0.368 e. The van der Waals surface area contributed by atoms with E-state index in [0.717, 1.165) is 47.5 Å². The second kappa shape index (κ2) is 7.88. The summed E-state index contributed by atoms with van der Waals surface area (Å²) in [4.78, 5) is 30.0. The van der Waals surface area contributed by atoms with Gasteiger partial charge in [-0.15, -0.1) is 0 Å². The molecule has 1 aromatic carbocycles. The van der Waals surface area contributed by atoms with Gasteiger partial charge in [-0.1, -0.05) is 30.7 Å². The van der Waals surface area contributed by atoms with E-state index >= 15 is 0 Å². The lowest BCUT2D eigenvalue weighted by Crippen LogP contribution is -2.46. The van der Waals surface area contributed by atoms with Crippen molar-refractivity contribution in [1.29, 1.82) is 0 Å². The Morgan fingerprint density at radius 1 is 0.969 bits per heavy atom. The smallest absolute Gasteiger partial charge is 0.236 e. The second-order valence-electron chi connectivity index (χ2n) is 8.04. The average molecular weight is 425 g/mol. The number of carbonyl (C=O) groups excluding carboxylic acids is 1. The van der Waals surface area contributed by atoms with E-state index in [9.17, 15) is 4.79 Å². The zero-order chi connectivity index (χ0) is 22.1. The highest BCUT2D eigenvalue weighted by Gasteiger charge is 2.45. The number of nitrogens with one attached hydrogen (secondary N) is 1. The molecule has 8 nitrogen and oxygen atoms in total. The number of benzene rings is 1. The van der Waals surface area contributed by atoms with Gasteiger partial charge in [-0.2, -0.15) is 0 Å². The van der Waals surface area contributed by atoms with E-state index in [1.165, 1.54) is 0 Å². The molecule has 3 aromatic heterocycles. The predicted octanol–water partition coefficient (Wildman–Crippen LogP) is 3.68. The number of amides is 1. The fraction of sp³-hybridized carbons (Fsp3) is 0.208. The van der Waals surface area contributed by atoms with Crippen LogP contribution in [0.4, 0.5) is 11.8 Å². The molecule has 3 heterocycles. The molecule has 1 saturated carbocycles. The number of nitrogens with zero attached hydrogens (tertiary/aromatic N) is 5. The number of hydrogen-bond donors (Lipinski definition) is 2. The molecule has 4 aromatic rings. The number of carbonyl (C=O) groups is 1. The molecule has 1 aliphatic rings. The molecule has 0 aliphatic heterocycles. The minimum absolute atomic E-state index is 0.0219. The maximum atomic E-state index is 13.3. The Morgan fingerprint density at radius 2 is 1.72 bits per heavy atom. The van der Waals surface area contributed by atoms with Gasteiger partial charge in [-0.25, -0.2) is 19.9 Å². The number of anilines is 2. The summed E-state index contributed by atoms with van der Waals surface area (Å²) in [5.74, 6) is 1.65. The van der Waals surface area contributed by atoms with Crippen molar-refractivity contribution in [1.82, 2.24) is 24.5 Å². The van der Waals surface area contributed by atoms with Crippen molar-refractivity contribution in [2.75, 3.05) is 11.1 Å². The van der Waals surface area contributed by atoms with Crippen molar-refractivity contribution in [3.8, 4) is 16.8 Å². The molecule has 1 fully saturated rings. The van der Waals surface area contributed by atoms with Gasteiger partial charge >= 0.3 is 0 Å². The van der Waals surface area contributed by atoms with Gasteiger partial charge in [0.25, 0.3) is 0 Å². The maximum Gasteiger partial charge on any atom is 0.236 e. The number of nitrogens with two attached hydrogens (primary N) is 1. The molecule has 160 valence electrons. The van der Waals surface area contributed by atoms with Gasteiger partial charge in [0, 0.05) is 30.4 Å². The first kappa shape index (κ1) is 19.9. The molecule has 8 heteroatoms. The lowest BCUT2D eigenvalue weighted by atomic mass is 9.63. The Bertz CT molecular complexity index is 1240. The van der Waals surface area contributed by atoms with Gasteiger partial charge in [0.15, 0.2) is 0 Å². The van der Waals surface area contributed by atoms with Crippen molar-refractivity contribution in [2.24, 2.45) is 0 Å². The second-order valence-corrected chi connectivity index (χ2v) is 8.04. The summed E-state index contributed by atoms with van der Waals surface area (Å²) in [6.45, 7) is 1.93. The Kier molecular flexibility index (Phi) is 4.89. The van der Waals surface area contributed by atoms with Crippen LogP contribution in [0.5, 0.6) is 0 Å². The van der Waals surface area contributed by atoms with Crippen molar-refractivity contribution in [2.45, 2.75) is 31.6 Å². The lowest BCUT2D eigenvalue weighted by Gasteiger charge is -2.40. The lowest BCUT2D eigenvalue weighted by molar-refractivity contribution is -0.124. The molecule has 1 aliphatic carbocycles. The van der Waals surface area contributed by atoms with Crippen molar-refractivity contribution < 1.29 is 4.79 Å². The Labute approximate surface area is 185 Å². The SMILES string of the molecule is Cc1nccn1-c1ccc(NC(=O)C2(c3ccc(-c4cnc(N)nc4)cc3)CCC2)nc1. The van der Waals surface area contributed by atoms with Crippen molar-refractivity contribution in [3.63, 3.8) is 0 Å². The average Bonchev–Trinajstić information content (AvgIpc) is 3.20. The molecule has 0 unspecified atom stereocenters. The molecule has 5 rings (SSSR count). The van der Waals surface area contributed by atoms with Gasteiger partial charge in [0.2, 0.25) is 11.9 Å². The van der Waals surface area contributed by atoms with Gasteiger partial charge < -0.3 is 15.6 Å². The number of nitrogen functional groups attached to an aromatic ring is 1. The number of imidazole rings is 1. The fourth-order valence-corrected chi connectivity index (χ4v) is 4.14. The van der Waals surface area contributed by atoms with Crippen molar-refractivity contribution >= 4 is 17.7 Å². The minimum atomic E-state index is -0.530. The van der Waals surface area contributed by atoms with Gasteiger partial charge in [-0.3, -0.25) is 4.79 Å². The van der Waals surface area contributed by atoms with E-state index < -0.39 is 5.41 Å². The maximum absolute atomic E-state index is 13.3. The predicted molar refractivity (Wildman–Crippen MR) is 122 cm³/mol. The molecule has 0 radical (unpaired) electrons. The highest BCUT2D eigenvalue weighted by molar-refractivity contribution is 5.99. The van der Waals surface area contributed by atoms with Crippen LogP contribution >= 0.6 is 0 Å². The number of aromatic nitrogens is 5. The number of aryl methyl sites for hydroxylation is 1. The molecule has 3 N–H and O–H groups in total. The summed E-state index contributed by atoms with van der Waals surface area (Å²) in [6, 6.07) is 11.8. The third-order valence-electron chi connectivity index (χ3n) is 6.18. The Hall–Kier alpha value is -4.07. The highest BCUT2D eigenvalue weighted by Crippen LogP contribution is 2.45. The summed E-state index contributed by atoms with van der Waals surface area (Å²) in [5, 5.41) is 3.01. The standard InChI is InChI=1S/C24H23N7O/c1-16-26-11-12-31(16)20-7-8-21(27-15-20)30-22(32)24(9-2-10-24)19-5-3-17(4-6-19)18-13-28-23(25)29-14-18/h3-8,11-15H,2,9-10H2,1H3,(H2,25,28,29)(H,27,30,32). The number of rotatable bonds is 5. The summed E-state index contributed by atoms with van der Waals surface area (Å²) in [7, 11) is 0. The third-order valence-corrected chi connectivity index (χ3v) is 6.18. The summed E-state index contributed by atoms with van der Waals surface area (Å²) in [5.41, 5.74) is 8.82. The molecule has 1 amide bonds. The van der Waals surface area contributed by atoms with Crippen LogP contribution in [0.2, 0.25) is 0 Å². The summed E-state index contributed by atoms with van der Waals surface area (Å²) in [6.07, 6.45) is 11.4. The van der Waals surface area contributed by atoms with E-state index in [2.05, 4.69) is 25.3 Å². The number of pyridine rings is 1. The zero-order valence-electron chi connectivity index (χ0n) is 17.7. The molecule has 0 atom stereocenters. The quantitative estimate of drug-likeness (QED) is 0.505. The Balaban J connectivity index is 1.34. The molecule has 0 bridgehead atoms. The molecular weight excluding hydrogens is 402 g/mol. The van der Waals surface area contributed by atoms with Gasteiger partial charge in [0.05, 0.1) is 17.3 Å². The fourth-order valence-electron chi connectivity index (χ4n) is 4.14. The molecule has 32 heavy (non-hydrogen) atoms. The first-order valence-corrected chi connectivity index (χ1v) is 10.5. The first-order chi connectivity index (χ1) is 15.5. The van der Waals surface area contributed by atoms with E-state index in [4.69, 9.17) is 5.73 Å². The van der Waals surface area contributed by atoms with Crippen LogP contribution < -0.4 is 11.1 Å². The topological polar surface area (TPSA) is 112 Å². The third kappa shape index (κ3) is 3.49. The highest BCUT2D eigenvalue weighted by atomic mass is 16.2. The van der Waals surface area contributed by atoms with Gasteiger partial charge in [0.1, 0.15) is 11.6 Å². The van der Waals surface area contributed by atoms with E-state index in [0.29, 0.717) is 5.82 Å². The van der Waals surface area contributed by atoms with Crippen LogP contribution in [-0.2, 0) is 10.2 Å². The van der Waals surface area contributed by atoms with Crippen LogP contribution in [0, 0.1) is 6.92 Å². The van der Waals surface area contributed by atoms with Crippen LogP contribution in [0.25, 0.3) is 16.8 Å². The molecule has 0 spiro atoms. The van der Waals surface area contributed by atoms with Crippen LogP contribution in [0.3, 0.4) is 0 Å². The number of hydrogen-bond acceptors (Lipinski definition) is 6. The minimum Gasteiger partial charge on any atom is -0.368 e. The van der Waals surface area contributed by atoms with Gasteiger partial charge in [-0.05, 0) is 43.0 Å². The van der Waals surface area contributed by atoms with E-state index in [1.807, 2.05) is 54.1 Å². The Morgan fingerprint density at radius 3 is 2.28 bits per heavy atom. The first-order valence-electron chi connectivity index (χ1n) is 10.5. The van der Waals surface area contributed by atoms with Crippen LogP contribution in [-0.4, -0.2) is 30.4 Å². The van der Waals surface area contributed by atoms with Crippen LogP contribution in [0.15, 0.2) is 67.4 Å². The molecule has 0 saturated heterocycles. The van der Waals surface area contributed by atoms with E-state index in [1.54, 1.807) is 24.8 Å². The molecular formula is C24H23N7O. The normalized spacial score (nSPS) is 14.5. The van der Waals surface area contributed by atoms with Crippen LogP contribution in [0.1, 0.15) is 30.7 Å². The van der Waals surface area contributed by atoms with E-state index in [-0.39, 0.29) is 11.9 Å². The summed E-state index contributed by atoms with van der Waals surface area (Å²) < 4.78 is 1.94. The monoisotopic (exact) mass is 425 g/mol.